The second kappa shape index (κ2) is 7.16. The summed E-state index contributed by atoms with van der Waals surface area (Å²) in [5, 5.41) is 12.1. The van der Waals surface area contributed by atoms with Crippen LogP contribution in [-0.2, 0) is 10.1 Å². The van der Waals surface area contributed by atoms with E-state index in [2.05, 4.69) is 15.3 Å². The molecule has 142 valence electrons. The van der Waals surface area contributed by atoms with Crippen molar-refractivity contribution >= 4 is 38.9 Å². The number of rotatable bonds is 6. The minimum absolute atomic E-state index is 0.0279. The van der Waals surface area contributed by atoms with Crippen molar-refractivity contribution in [2.24, 2.45) is 0 Å². The van der Waals surface area contributed by atoms with Crippen LogP contribution in [0.15, 0.2) is 47.4 Å². The predicted molar refractivity (Wildman–Crippen MR) is 101 cm³/mol. The molecule has 0 unspecified atom stereocenters. The lowest BCUT2D eigenvalue weighted by molar-refractivity contribution is 0.203. The summed E-state index contributed by atoms with van der Waals surface area (Å²) in [4.78, 5) is 18.9. The van der Waals surface area contributed by atoms with Gasteiger partial charge in [-0.15, -0.1) is 0 Å². The second-order valence-corrected chi connectivity index (χ2v) is 7.22. The van der Waals surface area contributed by atoms with Gasteiger partial charge >= 0.3 is 16.2 Å². The van der Waals surface area contributed by atoms with E-state index in [-0.39, 0.29) is 16.6 Å². The third kappa shape index (κ3) is 3.95. The molecule has 0 saturated heterocycles. The molecule has 27 heavy (non-hydrogen) atoms. The summed E-state index contributed by atoms with van der Waals surface area (Å²) in [6.07, 6.45) is -1.17. The van der Waals surface area contributed by atoms with Crippen molar-refractivity contribution in [3.05, 3.63) is 42.5 Å². The Balaban J connectivity index is 1.85. The Hall–Kier alpha value is -3.27. The number of nitrogens with one attached hydrogen (secondary N) is 2. The Labute approximate surface area is 155 Å². The minimum Gasteiger partial charge on any atom is -0.465 e. The van der Waals surface area contributed by atoms with Crippen LogP contribution in [0.25, 0.3) is 11.0 Å². The van der Waals surface area contributed by atoms with Crippen molar-refractivity contribution in [1.29, 1.82) is 0 Å². The molecule has 0 atom stereocenters. The van der Waals surface area contributed by atoms with Gasteiger partial charge < -0.3 is 19.6 Å². The number of hydrogen-bond donors (Lipinski definition) is 3. The Kier molecular flexibility index (Phi) is 4.91. The van der Waals surface area contributed by atoms with Crippen LogP contribution in [0.2, 0.25) is 0 Å². The van der Waals surface area contributed by atoms with Gasteiger partial charge in [-0.3, -0.25) is 4.90 Å². The number of aromatic nitrogens is 2. The fourth-order valence-corrected chi connectivity index (χ4v) is 3.32. The van der Waals surface area contributed by atoms with Crippen molar-refractivity contribution in [3.8, 4) is 5.75 Å². The molecule has 1 aromatic heterocycles. The molecule has 0 radical (unpaired) electrons. The summed E-state index contributed by atoms with van der Waals surface area (Å²) in [6, 6.07) is 10.7. The third-order valence-corrected chi connectivity index (χ3v) is 5.04. The normalized spacial score (nSPS) is 11.3. The molecule has 10 heteroatoms. The lowest BCUT2D eigenvalue weighted by Gasteiger charge is -2.08. The molecule has 3 N–H and O–H groups in total. The van der Waals surface area contributed by atoms with Crippen LogP contribution >= 0.6 is 0 Å². The number of benzene rings is 2. The Morgan fingerprint density at radius 2 is 1.96 bits per heavy atom. The van der Waals surface area contributed by atoms with E-state index in [1.54, 1.807) is 18.2 Å². The molecule has 2 aromatic carbocycles. The first-order chi connectivity index (χ1) is 12.8. The standard InChI is InChI=1S/C17H18N4O5S/c1-3-18-11-4-7-13(8-5-11)27(24,25)26-12-6-9-14-15(10-12)20-16(19-14)21(2)17(22)23/h4-10,18H,3H2,1-2H3,(H,19,20)(H,22,23). The van der Waals surface area contributed by atoms with Gasteiger partial charge in [-0.05, 0) is 43.3 Å². The van der Waals surface area contributed by atoms with Gasteiger partial charge in [0.05, 0.1) is 11.0 Å². The Morgan fingerprint density at radius 1 is 1.26 bits per heavy atom. The summed E-state index contributed by atoms with van der Waals surface area (Å²) >= 11 is 0. The van der Waals surface area contributed by atoms with Gasteiger partial charge in [0, 0.05) is 25.3 Å². The van der Waals surface area contributed by atoms with Gasteiger partial charge in [-0.25, -0.2) is 9.78 Å². The molecule has 0 saturated carbocycles. The number of nitrogens with zero attached hydrogens (tertiary/aromatic N) is 2. The number of imidazole rings is 1. The molecular weight excluding hydrogens is 372 g/mol. The molecule has 0 spiro atoms. The van der Waals surface area contributed by atoms with Crippen molar-refractivity contribution < 1.29 is 22.5 Å². The Bertz CT molecular complexity index is 1080. The van der Waals surface area contributed by atoms with Crippen molar-refractivity contribution in [2.45, 2.75) is 11.8 Å². The predicted octanol–water partition coefficient (Wildman–Crippen LogP) is 2.88. The topological polar surface area (TPSA) is 125 Å². The molecule has 0 aliphatic heterocycles. The highest BCUT2D eigenvalue weighted by atomic mass is 32.2. The number of aromatic amines is 1. The third-order valence-electron chi connectivity index (χ3n) is 3.78. The summed E-state index contributed by atoms with van der Waals surface area (Å²) in [5.74, 6) is 0.211. The lowest BCUT2D eigenvalue weighted by atomic mass is 10.3. The largest absolute Gasteiger partial charge is 0.465 e. The average molecular weight is 390 g/mol. The average Bonchev–Trinajstić information content (AvgIpc) is 3.04. The van der Waals surface area contributed by atoms with Gasteiger partial charge in [0.2, 0.25) is 5.95 Å². The first kappa shape index (κ1) is 18.5. The van der Waals surface area contributed by atoms with E-state index in [0.29, 0.717) is 11.0 Å². The van der Waals surface area contributed by atoms with Gasteiger partial charge in [0.1, 0.15) is 10.6 Å². The summed E-state index contributed by atoms with van der Waals surface area (Å²) in [6.45, 7) is 2.67. The van der Waals surface area contributed by atoms with E-state index in [1.165, 1.54) is 31.3 Å². The zero-order valence-electron chi connectivity index (χ0n) is 14.6. The van der Waals surface area contributed by atoms with Crippen LogP contribution in [0, 0.1) is 0 Å². The molecule has 0 fully saturated rings. The molecule has 0 aliphatic rings. The number of fused-ring (bicyclic) bond motifs is 1. The smallest absolute Gasteiger partial charge is 0.413 e. The van der Waals surface area contributed by atoms with E-state index < -0.39 is 16.2 Å². The first-order valence-electron chi connectivity index (χ1n) is 8.05. The maximum atomic E-state index is 12.5. The molecule has 9 nitrogen and oxygen atoms in total. The molecular formula is C17H18N4O5S. The van der Waals surface area contributed by atoms with Crippen LogP contribution in [0.3, 0.4) is 0 Å². The quantitative estimate of drug-likeness (QED) is 0.553. The molecule has 3 aromatic rings. The monoisotopic (exact) mass is 390 g/mol. The highest BCUT2D eigenvalue weighted by Gasteiger charge is 2.18. The summed E-state index contributed by atoms with van der Waals surface area (Å²) in [7, 11) is -2.66. The van der Waals surface area contributed by atoms with Crippen LogP contribution in [0.1, 0.15) is 6.92 Å². The molecule has 0 aliphatic carbocycles. The SMILES string of the molecule is CCNc1ccc(S(=O)(=O)Oc2ccc3nc(N(C)C(=O)O)[nH]c3c2)cc1. The first-order valence-corrected chi connectivity index (χ1v) is 9.46. The maximum absolute atomic E-state index is 12.5. The minimum atomic E-state index is -4.00. The van der Waals surface area contributed by atoms with E-state index in [4.69, 9.17) is 9.29 Å². The second-order valence-electron chi connectivity index (χ2n) is 5.67. The fraction of sp³-hybridized carbons (Fsp3) is 0.176. The number of anilines is 2. The lowest BCUT2D eigenvalue weighted by Crippen LogP contribution is -2.24. The number of amides is 1. The molecule has 1 amide bonds. The van der Waals surface area contributed by atoms with Crippen LogP contribution < -0.4 is 14.4 Å². The van der Waals surface area contributed by atoms with E-state index in [9.17, 15) is 13.2 Å². The Morgan fingerprint density at radius 3 is 2.59 bits per heavy atom. The van der Waals surface area contributed by atoms with Crippen LogP contribution in [0.4, 0.5) is 16.4 Å². The van der Waals surface area contributed by atoms with Crippen molar-refractivity contribution in [1.82, 2.24) is 9.97 Å². The molecule has 1 heterocycles. The fourth-order valence-electron chi connectivity index (χ4n) is 2.39. The number of hydrogen-bond acceptors (Lipinski definition) is 6. The van der Waals surface area contributed by atoms with E-state index in [1.807, 2.05) is 6.92 Å². The summed E-state index contributed by atoms with van der Waals surface area (Å²) in [5.41, 5.74) is 1.75. The van der Waals surface area contributed by atoms with E-state index in [0.717, 1.165) is 17.1 Å². The number of carboxylic acid groups (broad SMARTS) is 1. The van der Waals surface area contributed by atoms with Crippen LogP contribution in [-0.4, -0.2) is 43.2 Å². The van der Waals surface area contributed by atoms with Gasteiger partial charge in [0.25, 0.3) is 0 Å². The number of H-pyrrole nitrogens is 1. The maximum Gasteiger partial charge on any atom is 0.413 e. The highest BCUT2D eigenvalue weighted by Crippen LogP contribution is 2.25. The summed E-state index contributed by atoms with van der Waals surface area (Å²) < 4.78 is 30.1. The van der Waals surface area contributed by atoms with Gasteiger partial charge in [-0.2, -0.15) is 8.42 Å². The number of carbonyl (C=O) groups is 1. The molecule has 0 bridgehead atoms. The zero-order chi connectivity index (χ0) is 19.6. The van der Waals surface area contributed by atoms with Gasteiger partial charge in [-0.1, -0.05) is 0 Å². The van der Waals surface area contributed by atoms with Gasteiger partial charge in [0.15, 0.2) is 0 Å². The van der Waals surface area contributed by atoms with Crippen molar-refractivity contribution in [2.75, 3.05) is 23.8 Å². The zero-order valence-corrected chi connectivity index (χ0v) is 15.4. The van der Waals surface area contributed by atoms with E-state index >= 15 is 0 Å². The van der Waals surface area contributed by atoms with Crippen LogP contribution in [0.5, 0.6) is 5.75 Å². The molecule has 3 rings (SSSR count). The highest BCUT2D eigenvalue weighted by molar-refractivity contribution is 7.87. The van der Waals surface area contributed by atoms with Crippen molar-refractivity contribution in [3.63, 3.8) is 0 Å².